The van der Waals surface area contributed by atoms with Crippen molar-refractivity contribution >= 4 is 39.5 Å². The number of hydrogen-bond donors (Lipinski definition) is 1. The third kappa shape index (κ3) is 4.47. The topological polar surface area (TPSA) is 59.1 Å². The zero-order valence-corrected chi connectivity index (χ0v) is 14.7. The van der Waals surface area contributed by atoms with Gasteiger partial charge in [0.2, 0.25) is 0 Å². The number of aromatic nitrogens is 1. The molecule has 25 heavy (non-hydrogen) atoms. The van der Waals surface area contributed by atoms with E-state index in [9.17, 15) is 8.42 Å². The molecule has 0 aliphatic rings. The molecule has 0 saturated heterocycles. The maximum absolute atomic E-state index is 12.6. The lowest BCUT2D eigenvalue weighted by Gasteiger charge is -2.11. The highest BCUT2D eigenvalue weighted by Crippen LogP contribution is 2.23. The molecular weight excluding hydrogens is 356 g/mol. The van der Waals surface area contributed by atoms with E-state index in [1.807, 2.05) is 36.4 Å². The summed E-state index contributed by atoms with van der Waals surface area (Å²) in [6.45, 7) is 0. The Kier molecular flexibility index (Phi) is 5.16. The van der Waals surface area contributed by atoms with Crippen LogP contribution in [0.15, 0.2) is 78.0 Å². The van der Waals surface area contributed by atoms with Gasteiger partial charge in [-0.1, -0.05) is 42.0 Å². The number of halogens is 1. The van der Waals surface area contributed by atoms with E-state index in [0.717, 1.165) is 11.1 Å². The van der Waals surface area contributed by atoms with Gasteiger partial charge in [0, 0.05) is 17.4 Å². The maximum atomic E-state index is 12.6. The molecular formula is C19H15ClN2O2S. The molecule has 0 saturated carbocycles. The Labute approximate surface area is 151 Å². The van der Waals surface area contributed by atoms with Crippen molar-refractivity contribution in [3.05, 3.63) is 89.2 Å². The number of benzene rings is 2. The average Bonchev–Trinajstić information content (AvgIpc) is 2.62. The van der Waals surface area contributed by atoms with Gasteiger partial charge in [-0.15, -0.1) is 0 Å². The fraction of sp³-hybridized carbons (Fsp3) is 0. The molecule has 0 spiro atoms. The highest BCUT2D eigenvalue weighted by Gasteiger charge is 2.15. The summed E-state index contributed by atoms with van der Waals surface area (Å²) in [4.78, 5) is 4.13. The van der Waals surface area contributed by atoms with Gasteiger partial charge in [-0.2, -0.15) is 0 Å². The second-order valence-corrected chi connectivity index (χ2v) is 7.38. The van der Waals surface area contributed by atoms with Gasteiger partial charge in [-0.05, 0) is 53.6 Å². The van der Waals surface area contributed by atoms with Gasteiger partial charge in [0.25, 0.3) is 10.0 Å². The lowest BCUT2D eigenvalue weighted by molar-refractivity contribution is 0.601. The SMILES string of the molecule is O=S(=O)(Nc1ccccc1/C=C/c1ccncc1)c1ccc(Cl)cc1. The third-order valence-electron chi connectivity index (χ3n) is 3.49. The van der Waals surface area contributed by atoms with Crippen LogP contribution in [0.25, 0.3) is 12.2 Å². The first-order chi connectivity index (χ1) is 12.0. The summed E-state index contributed by atoms with van der Waals surface area (Å²) in [5.41, 5.74) is 2.24. The van der Waals surface area contributed by atoms with Crippen molar-refractivity contribution in [2.45, 2.75) is 4.90 Å². The fourth-order valence-corrected chi connectivity index (χ4v) is 3.43. The highest BCUT2D eigenvalue weighted by atomic mass is 35.5. The van der Waals surface area contributed by atoms with Crippen LogP contribution in [0.5, 0.6) is 0 Å². The number of nitrogens with one attached hydrogen (secondary N) is 1. The molecule has 0 unspecified atom stereocenters. The van der Waals surface area contributed by atoms with Crippen LogP contribution in [-0.4, -0.2) is 13.4 Å². The summed E-state index contributed by atoms with van der Waals surface area (Å²) in [7, 11) is -3.69. The predicted molar refractivity (Wildman–Crippen MR) is 102 cm³/mol. The molecule has 6 heteroatoms. The van der Waals surface area contributed by atoms with Crippen LogP contribution in [-0.2, 0) is 10.0 Å². The molecule has 3 aromatic rings. The van der Waals surface area contributed by atoms with Gasteiger partial charge in [-0.3, -0.25) is 9.71 Å². The lowest BCUT2D eigenvalue weighted by atomic mass is 10.1. The number of nitrogens with zero attached hydrogens (tertiary/aromatic N) is 1. The van der Waals surface area contributed by atoms with Crippen molar-refractivity contribution in [3.8, 4) is 0 Å². The van der Waals surface area contributed by atoms with Crippen LogP contribution >= 0.6 is 11.6 Å². The highest BCUT2D eigenvalue weighted by molar-refractivity contribution is 7.92. The van der Waals surface area contributed by atoms with Gasteiger partial charge in [0.15, 0.2) is 0 Å². The molecule has 1 aromatic heterocycles. The number of rotatable bonds is 5. The number of pyridine rings is 1. The summed E-state index contributed by atoms with van der Waals surface area (Å²) < 4.78 is 27.7. The van der Waals surface area contributed by atoms with Gasteiger partial charge in [0.1, 0.15) is 0 Å². The first-order valence-corrected chi connectivity index (χ1v) is 9.36. The molecule has 0 aliphatic carbocycles. The van der Waals surface area contributed by atoms with E-state index in [4.69, 9.17) is 11.6 Å². The first kappa shape index (κ1) is 17.2. The summed E-state index contributed by atoms with van der Waals surface area (Å²) in [6.07, 6.45) is 7.16. The van der Waals surface area contributed by atoms with Crippen LogP contribution in [0.4, 0.5) is 5.69 Å². The number of anilines is 1. The monoisotopic (exact) mass is 370 g/mol. The van der Waals surface area contributed by atoms with Crippen molar-refractivity contribution in [3.63, 3.8) is 0 Å². The first-order valence-electron chi connectivity index (χ1n) is 7.50. The molecule has 4 nitrogen and oxygen atoms in total. The summed E-state index contributed by atoms with van der Waals surface area (Å²) in [5, 5.41) is 0.486. The van der Waals surface area contributed by atoms with Gasteiger partial charge in [0.05, 0.1) is 10.6 Å². The molecule has 2 aromatic carbocycles. The van der Waals surface area contributed by atoms with Gasteiger partial charge < -0.3 is 0 Å². The maximum Gasteiger partial charge on any atom is 0.261 e. The average molecular weight is 371 g/mol. The molecule has 0 bridgehead atoms. The minimum Gasteiger partial charge on any atom is -0.279 e. The van der Waals surface area contributed by atoms with Crippen molar-refractivity contribution in [2.24, 2.45) is 0 Å². The standard InChI is InChI=1S/C19H15ClN2O2S/c20-17-7-9-18(10-8-17)25(23,24)22-19-4-2-1-3-16(19)6-5-15-11-13-21-14-12-15/h1-14,22H/b6-5+. The quantitative estimate of drug-likeness (QED) is 0.707. The van der Waals surface area contributed by atoms with Crippen LogP contribution in [0, 0.1) is 0 Å². The van der Waals surface area contributed by atoms with Gasteiger partial charge in [-0.25, -0.2) is 8.42 Å². The van der Waals surface area contributed by atoms with Crippen molar-refractivity contribution in [1.29, 1.82) is 0 Å². The molecule has 1 heterocycles. The van der Waals surface area contributed by atoms with E-state index in [2.05, 4.69) is 9.71 Å². The van der Waals surface area contributed by atoms with E-state index in [1.165, 1.54) is 12.1 Å². The van der Waals surface area contributed by atoms with Gasteiger partial charge >= 0.3 is 0 Å². The Bertz CT molecular complexity index is 985. The van der Waals surface area contributed by atoms with Crippen LogP contribution < -0.4 is 4.72 Å². The summed E-state index contributed by atoms with van der Waals surface area (Å²) in [6, 6.07) is 17.0. The molecule has 126 valence electrons. The van der Waals surface area contributed by atoms with Crippen molar-refractivity contribution in [2.75, 3.05) is 4.72 Å². The summed E-state index contributed by atoms with van der Waals surface area (Å²) in [5.74, 6) is 0. The van der Waals surface area contributed by atoms with Crippen LogP contribution in [0.1, 0.15) is 11.1 Å². The minimum absolute atomic E-state index is 0.157. The predicted octanol–water partition coefficient (Wildman–Crippen LogP) is 4.71. The molecule has 1 N–H and O–H groups in total. The molecule has 0 aliphatic heterocycles. The zero-order valence-electron chi connectivity index (χ0n) is 13.1. The Balaban J connectivity index is 1.88. The molecule has 0 atom stereocenters. The third-order valence-corrected chi connectivity index (χ3v) is 5.12. The van der Waals surface area contributed by atoms with E-state index in [0.29, 0.717) is 10.7 Å². The number of sulfonamides is 1. The zero-order chi connectivity index (χ0) is 17.7. The second-order valence-electron chi connectivity index (χ2n) is 5.26. The minimum atomic E-state index is -3.69. The Morgan fingerprint density at radius 3 is 2.28 bits per heavy atom. The van der Waals surface area contributed by atoms with E-state index in [1.54, 1.807) is 36.7 Å². The van der Waals surface area contributed by atoms with Crippen molar-refractivity contribution in [1.82, 2.24) is 4.98 Å². The molecule has 0 amide bonds. The lowest BCUT2D eigenvalue weighted by Crippen LogP contribution is -2.13. The molecule has 0 fully saturated rings. The van der Waals surface area contributed by atoms with E-state index < -0.39 is 10.0 Å². The second kappa shape index (κ2) is 7.51. The Morgan fingerprint density at radius 2 is 1.56 bits per heavy atom. The van der Waals surface area contributed by atoms with Crippen LogP contribution in [0.2, 0.25) is 5.02 Å². The Morgan fingerprint density at radius 1 is 0.880 bits per heavy atom. The Hall–Kier alpha value is -2.63. The van der Waals surface area contributed by atoms with E-state index in [-0.39, 0.29) is 4.90 Å². The fourth-order valence-electron chi connectivity index (χ4n) is 2.21. The molecule has 3 rings (SSSR count). The normalized spacial score (nSPS) is 11.6. The number of para-hydroxylation sites is 1. The smallest absolute Gasteiger partial charge is 0.261 e. The summed E-state index contributed by atoms with van der Waals surface area (Å²) >= 11 is 5.82. The van der Waals surface area contributed by atoms with E-state index >= 15 is 0 Å². The largest absolute Gasteiger partial charge is 0.279 e. The van der Waals surface area contributed by atoms with Crippen molar-refractivity contribution < 1.29 is 8.42 Å². The number of hydrogen-bond acceptors (Lipinski definition) is 3. The van der Waals surface area contributed by atoms with Crippen LogP contribution in [0.3, 0.4) is 0 Å². The molecule has 0 radical (unpaired) electrons.